The number of nitrogens with two attached hydrogens (primary N) is 1. The minimum Gasteiger partial charge on any atom is -0.388 e. The predicted molar refractivity (Wildman–Crippen MR) is 113 cm³/mol. The van der Waals surface area contributed by atoms with E-state index in [1.54, 1.807) is 6.92 Å². The van der Waals surface area contributed by atoms with Crippen LogP contribution < -0.4 is 16.4 Å². The van der Waals surface area contributed by atoms with Crippen LogP contribution in [0, 0.1) is 13.8 Å². The minimum absolute atomic E-state index is 0.164. The zero-order chi connectivity index (χ0) is 22.5. The summed E-state index contributed by atoms with van der Waals surface area (Å²) in [5.41, 5.74) is 6.41. The number of hydrogen-bond donors (Lipinski definition) is 3. The van der Waals surface area contributed by atoms with E-state index in [0.717, 1.165) is 23.9 Å². The van der Waals surface area contributed by atoms with Gasteiger partial charge in [0.25, 0.3) is 5.91 Å². The van der Waals surface area contributed by atoms with Gasteiger partial charge in [0.05, 0.1) is 5.56 Å². The van der Waals surface area contributed by atoms with Crippen molar-refractivity contribution in [3.8, 4) is 0 Å². The van der Waals surface area contributed by atoms with Gasteiger partial charge < -0.3 is 16.4 Å². The Bertz CT molecular complexity index is 872. The smallest absolute Gasteiger partial charge is 0.388 e. The van der Waals surface area contributed by atoms with E-state index in [1.807, 2.05) is 6.92 Å². The molecule has 6 nitrogen and oxygen atoms in total. The van der Waals surface area contributed by atoms with E-state index in [0.29, 0.717) is 48.5 Å². The number of amides is 2. The molecule has 0 atom stereocenters. The number of primary amides is 1. The number of aryl methyl sites for hydroxylation is 1. The Kier molecular flexibility index (Phi) is 8.05. The molecule has 1 aliphatic carbocycles. The molecule has 0 aliphatic heterocycles. The number of nitrogens with zero attached hydrogens (tertiary/aromatic N) is 1. The van der Waals surface area contributed by atoms with Crippen molar-refractivity contribution >= 4 is 33.9 Å². The summed E-state index contributed by atoms with van der Waals surface area (Å²) < 4.78 is 39.7. The largest absolute Gasteiger partial charge is 0.433 e. The molecule has 4 N–H and O–H groups in total. The molecule has 0 bridgehead atoms. The van der Waals surface area contributed by atoms with Crippen molar-refractivity contribution < 1.29 is 22.8 Å². The van der Waals surface area contributed by atoms with Crippen molar-refractivity contribution in [1.29, 1.82) is 0 Å². The summed E-state index contributed by atoms with van der Waals surface area (Å²) in [5, 5.41) is 6.22. The first-order chi connectivity index (χ1) is 14.1. The van der Waals surface area contributed by atoms with E-state index < -0.39 is 17.8 Å². The zero-order valence-electron chi connectivity index (χ0n) is 17.3. The third kappa shape index (κ3) is 5.84. The topological polar surface area (TPSA) is 96.6 Å². The molecule has 0 unspecified atom stereocenters. The third-order valence-electron chi connectivity index (χ3n) is 5.05. The van der Waals surface area contributed by atoms with Crippen LogP contribution in [0.1, 0.15) is 59.3 Å². The minimum atomic E-state index is -4.48. The van der Waals surface area contributed by atoms with Gasteiger partial charge in [-0.1, -0.05) is 0 Å². The molecule has 30 heavy (non-hydrogen) atoms. The number of aliphatic imine (C=N–C) groups is 1. The highest BCUT2D eigenvalue weighted by Gasteiger charge is 2.39. The molecule has 1 aliphatic rings. The van der Waals surface area contributed by atoms with Crippen LogP contribution in [-0.4, -0.2) is 37.3 Å². The second kappa shape index (κ2) is 10.1. The van der Waals surface area contributed by atoms with Gasteiger partial charge in [0.2, 0.25) is 5.91 Å². The Labute approximate surface area is 177 Å². The third-order valence-corrected chi connectivity index (χ3v) is 6.17. The average molecular weight is 445 g/mol. The van der Waals surface area contributed by atoms with Crippen LogP contribution in [0.25, 0.3) is 0 Å². The molecule has 2 rings (SSSR count). The highest BCUT2D eigenvalue weighted by Crippen LogP contribution is 2.33. The van der Waals surface area contributed by atoms with E-state index in [-0.39, 0.29) is 17.9 Å². The molecule has 0 aromatic carbocycles. The second-order valence-electron chi connectivity index (χ2n) is 7.16. The van der Waals surface area contributed by atoms with Gasteiger partial charge in [0, 0.05) is 36.2 Å². The lowest BCUT2D eigenvalue weighted by atomic mass is 9.92. The van der Waals surface area contributed by atoms with Crippen molar-refractivity contribution in [3.63, 3.8) is 0 Å². The highest BCUT2D eigenvalue weighted by atomic mass is 32.1. The van der Waals surface area contributed by atoms with Gasteiger partial charge in [-0.15, -0.1) is 11.3 Å². The van der Waals surface area contributed by atoms with E-state index >= 15 is 0 Å². The molecule has 0 spiro atoms. The summed E-state index contributed by atoms with van der Waals surface area (Å²) in [7, 11) is 1.15. The maximum atomic E-state index is 13.2. The molecule has 166 valence electrons. The van der Waals surface area contributed by atoms with Crippen LogP contribution >= 0.6 is 11.3 Å². The fourth-order valence-electron chi connectivity index (χ4n) is 3.48. The van der Waals surface area contributed by atoms with Gasteiger partial charge in [-0.25, -0.2) is 0 Å². The van der Waals surface area contributed by atoms with Gasteiger partial charge >= 0.3 is 6.18 Å². The lowest BCUT2D eigenvalue weighted by molar-refractivity contribution is -0.116. The molecule has 0 saturated heterocycles. The maximum absolute atomic E-state index is 13.2. The number of allylic oxidation sites excluding steroid dienone is 2. The number of anilines is 1. The molecule has 2 amide bonds. The number of rotatable bonds is 8. The molecular formula is C20H27F3N4O2S. The molecule has 1 heterocycles. The van der Waals surface area contributed by atoms with Crippen molar-refractivity contribution in [2.75, 3.05) is 18.9 Å². The van der Waals surface area contributed by atoms with Gasteiger partial charge in [0.1, 0.15) is 10.7 Å². The second-order valence-corrected chi connectivity index (χ2v) is 8.39. The molecular weight excluding hydrogens is 417 g/mol. The summed E-state index contributed by atoms with van der Waals surface area (Å²) in [5.74, 6) is -0.867. The van der Waals surface area contributed by atoms with Gasteiger partial charge in [-0.2, -0.15) is 13.2 Å². The first-order valence-electron chi connectivity index (χ1n) is 9.76. The lowest BCUT2D eigenvalue weighted by Crippen LogP contribution is -2.30. The molecule has 10 heteroatoms. The Morgan fingerprint density at radius 1 is 1.20 bits per heavy atom. The van der Waals surface area contributed by atoms with E-state index in [4.69, 9.17) is 5.73 Å². The van der Waals surface area contributed by atoms with Crippen molar-refractivity contribution in [2.24, 2.45) is 10.7 Å². The maximum Gasteiger partial charge on any atom is 0.433 e. The van der Waals surface area contributed by atoms with Crippen LogP contribution in [0.4, 0.5) is 18.2 Å². The SMILES string of the molecule is C/N=C(\C1=C(NCCCC(=O)Nc2sc(C)c(C)c2C(N)=O)CCCC1)C(F)(F)F. The standard InChI is InChI=1S/C20H27F3N4O2S/c1-11-12(2)30-19(16(11)18(24)29)27-15(28)9-6-10-26-14-8-5-4-7-13(14)17(25-3)20(21,22)23/h26H,4-10H2,1-3H3,(H2,24,29)(H,27,28)/b25-17+. The molecule has 1 aromatic heterocycles. The number of carbonyl (C=O) groups excluding carboxylic acids is 2. The molecule has 0 radical (unpaired) electrons. The fourth-order valence-corrected chi connectivity index (χ4v) is 4.57. The number of halogens is 3. The summed E-state index contributed by atoms with van der Waals surface area (Å²) in [6.45, 7) is 3.98. The van der Waals surface area contributed by atoms with Crippen molar-refractivity contribution in [2.45, 2.75) is 58.5 Å². The van der Waals surface area contributed by atoms with Crippen molar-refractivity contribution in [3.05, 3.63) is 27.3 Å². The van der Waals surface area contributed by atoms with Crippen LogP contribution in [0.3, 0.4) is 0 Å². The summed E-state index contributed by atoms with van der Waals surface area (Å²) in [4.78, 5) is 28.2. The van der Waals surface area contributed by atoms with E-state index in [2.05, 4.69) is 15.6 Å². The lowest BCUT2D eigenvalue weighted by Gasteiger charge is -2.24. The van der Waals surface area contributed by atoms with E-state index in [9.17, 15) is 22.8 Å². The first kappa shape index (κ1) is 23.9. The average Bonchev–Trinajstić information content (AvgIpc) is 2.92. The number of alkyl halides is 3. The summed E-state index contributed by atoms with van der Waals surface area (Å²) in [6.07, 6.45) is -1.51. The fraction of sp³-hybridized carbons (Fsp3) is 0.550. The summed E-state index contributed by atoms with van der Waals surface area (Å²) >= 11 is 1.29. The van der Waals surface area contributed by atoms with Crippen LogP contribution in [0.15, 0.2) is 16.3 Å². The van der Waals surface area contributed by atoms with Crippen LogP contribution in [-0.2, 0) is 4.79 Å². The predicted octanol–water partition coefficient (Wildman–Crippen LogP) is 4.23. The Hall–Kier alpha value is -2.36. The van der Waals surface area contributed by atoms with Crippen molar-refractivity contribution in [1.82, 2.24) is 5.32 Å². The Morgan fingerprint density at radius 2 is 1.87 bits per heavy atom. The Balaban J connectivity index is 1.95. The van der Waals surface area contributed by atoms with Crippen LogP contribution in [0.2, 0.25) is 0 Å². The summed E-state index contributed by atoms with van der Waals surface area (Å²) in [6, 6.07) is 0. The Morgan fingerprint density at radius 3 is 2.47 bits per heavy atom. The number of thiophene rings is 1. The van der Waals surface area contributed by atoms with E-state index in [1.165, 1.54) is 11.3 Å². The quantitative estimate of drug-likeness (QED) is 0.413. The van der Waals surface area contributed by atoms with Gasteiger partial charge in [0.15, 0.2) is 0 Å². The molecule has 0 saturated carbocycles. The highest BCUT2D eigenvalue weighted by molar-refractivity contribution is 7.16. The van der Waals surface area contributed by atoms with Gasteiger partial charge in [-0.3, -0.25) is 14.6 Å². The molecule has 1 aromatic rings. The number of carbonyl (C=O) groups is 2. The molecule has 0 fully saturated rings. The first-order valence-corrected chi connectivity index (χ1v) is 10.6. The normalized spacial score (nSPS) is 15.3. The number of nitrogens with one attached hydrogen (secondary N) is 2. The monoisotopic (exact) mass is 444 g/mol. The zero-order valence-corrected chi connectivity index (χ0v) is 18.1. The van der Waals surface area contributed by atoms with Crippen LogP contribution in [0.5, 0.6) is 0 Å². The van der Waals surface area contributed by atoms with Gasteiger partial charge in [-0.05, 0) is 51.5 Å². The number of hydrogen-bond acceptors (Lipinski definition) is 5.